The molecule has 0 atom stereocenters. The second-order valence-electron chi connectivity index (χ2n) is 5.04. The molecule has 0 aromatic heterocycles. The lowest BCUT2D eigenvalue weighted by molar-refractivity contribution is -0.137. The fraction of sp³-hybridized carbons (Fsp3) is 0.214. The highest BCUT2D eigenvalue weighted by Crippen LogP contribution is 2.36. The molecular weight excluding hydrogens is 354 g/mol. The molecule has 2 heterocycles. The highest BCUT2D eigenvalue weighted by molar-refractivity contribution is 5.91. The first kappa shape index (κ1) is 17.0. The minimum absolute atomic E-state index is 0.0296. The number of nitrogens with zero attached hydrogens (tertiary/aromatic N) is 2. The van der Waals surface area contributed by atoms with Crippen LogP contribution in [0.5, 0.6) is 5.75 Å². The van der Waals surface area contributed by atoms with Crippen LogP contribution in [0.1, 0.15) is 11.1 Å². The summed E-state index contributed by atoms with van der Waals surface area (Å²) in [5.41, 5.74) is 4.04. The molecule has 0 bridgehead atoms. The number of amidine groups is 1. The fourth-order valence-corrected chi connectivity index (χ4v) is 2.30. The normalized spacial score (nSPS) is 17.1. The number of hydrazine groups is 1. The molecule has 0 spiro atoms. The summed E-state index contributed by atoms with van der Waals surface area (Å²) in [6.07, 6.45) is -6.57. The minimum atomic E-state index is -4.72. The van der Waals surface area contributed by atoms with E-state index in [1.165, 1.54) is 19.3 Å². The first-order valence-electron chi connectivity index (χ1n) is 6.76. The molecule has 0 saturated heterocycles. The van der Waals surface area contributed by atoms with E-state index >= 15 is 0 Å². The number of fused-ring (bicyclic) bond motifs is 1. The van der Waals surface area contributed by atoms with Crippen LogP contribution in [0, 0.1) is 0 Å². The summed E-state index contributed by atoms with van der Waals surface area (Å²) in [6, 6.07) is 2.71. The summed E-state index contributed by atoms with van der Waals surface area (Å²) in [4.78, 5) is 0. The molecule has 2 aliphatic heterocycles. The Morgan fingerprint density at radius 2 is 1.76 bits per heavy atom. The summed E-state index contributed by atoms with van der Waals surface area (Å²) >= 11 is 0. The van der Waals surface area contributed by atoms with Crippen molar-refractivity contribution in [1.29, 1.82) is 0 Å². The maximum atomic E-state index is 12.9. The number of benzene rings is 1. The molecular formula is C14H10F6N4O. The number of rotatable bonds is 2. The van der Waals surface area contributed by atoms with Crippen molar-refractivity contribution in [2.24, 2.45) is 5.10 Å². The number of alkyl halides is 6. The van der Waals surface area contributed by atoms with Gasteiger partial charge in [0.15, 0.2) is 0 Å². The van der Waals surface area contributed by atoms with Crippen LogP contribution >= 0.6 is 0 Å². The topological polar surface area (TPSA) is 48.9 Å². The van der Waals surface area contributed by atoms with Crippen molar-refractivity contribution in [1.82, 2.24) is 15.9 Å². The SMILES string of the molecule is COc1cc(C(F)(F)F)ccc1C1=CC=C2NN=C(C(F)(F)F)N2N1. The van der Waals surface area contributed by atoms with Gasteiger partial charge in [-0.15, -0.1) is 5.10 Å². The zero-order valence-electron chi connectivity index (χ0n) is 12.5. The van der Waals surface area contributed by atoms with E-state index < -0.39 is 23.8 Å². The monoisotopic (exact) mass is 364 g/mol. The molecule has 0 radical (unpaired) electrons. The molecule has 0 amide bonds. The number of allylic oxidation sites excluding steroid dienone is 2. The maximum absolute atomic E-state index is 12.9. The lowest BCUT2D eigenvalue weighted by Crippen LogP contribution is -2.46. The van der Waals surface area contributed by atoms with E-state index in [2.05, 4.69) is 16.0 Å². The number of hydrogen-bond donors (Lipinski definition) is 2. The second kappa shape index (κ2) is 5.60. The average molecular weight is 364 g/mol. The molecule has 0 saturated carbocycles. The van der Waals surface area contributed by atoms with Crippen LogP contribution in [0.3, 0.4) is 0 Å². The Morgan fingerprint density at radius 1 is 1.04 bits per heavy atom. The van der Waals surface area contributed by atoms with E-state index in [1.807, 2.05) is 0 Å². The standard InChI is InChI=1S/C14H10F6N4O/c1-25-10-6-7(13(15,16)17)2-3-8(10)9-4-5-11-21-22-12(14(18,19)20)24(11)23-9/h2-6,21,23H,1H3. The molecule has 0 unspecified atom stereocenters. The summed E-state index contributed by atoms with van der Waals surface area (Å²) in [6.45, 7) is 0. The van der Waals surface area contributed by atoms with Gasteiger partial charge in [-0.2, -0.15) is 26.3 Å². The smallest absolute Gasteiger partial charge is 0.453 e. The predicted molar refractivity (Wildman–Crippen MR) is 75.7 cm³/mol. The zero-order valence-corrected chi connectivity index (χ0v) is 12.5. The van der Waals surface area contributed by atoms with Crippen LogP contribution in [0.2, 0.25) is 0 Å². The quantitative estimate of drug-likeness (QED) is 0.792. The molecule has 1 aromatic carbocycles. The van der Waals surface area contributed by atoms with Crippen LogP contribution in [0.25, 0.3) is 5.70 Å². The van der Waals surface area contributed by atoms with Gasteiger partial charge >= 0.3 is 12.4 Å². The number of hydrazone groups is 1. The highest BCUT2D eigenvalue weighted by Gasteiger charge is 2.45. The van der Waals surface area contributed by atoms with Gasteiger partial charge in [0.2, 0.25) is 0 Å². The van der Waals surface area contributed by atoms with Crippen molar-refractivity contribution in [3.63, 3.8) is 0 Å². The number of halogens is 6. The van der Waals surface area contributed by atoms with Crippen LogP contribution < -0.4 is 15.6 Å². The molecule has 25 heavy (non-hydrogen) atoms. The van der Waals surface area contributed by atoms with Crippen molar-refractivity contribution >= 4 is 11.5 Å². The minimum Gasteiger partial charge on any atom is -0.496 e. The van der Waals surface area contributed by atoms with E-state index in [1.54, 1.807) is 0 Å². The molecule has 2 aliphatic rings. The van der Waals surface area contributed by atoms with Gasteiger partial charge in [-0.25, -0.2) is 5.01 Å². The molecule has 1 aromatic rings. The van der Waals surface area contributed by atoms with Crippen molar-refractivity contribution < 1.29 is 31.1 Å². The van der Waals surface area contributed by atoms with Gasteiger partial charge < -0.3 is 4.74 Å². The molecule has 0 aliphatic carbocycles. The Kier molecular flexibility index (Phi) is 3.81. The number of nitrogens with one attached hydrogen (secondary N) is 2. The third-order valence-electron chi connectivity index (χ3n) is 3.44. The first-order valence-corrected chi connectivity index (χ1v) is 6.76. The van der Waals surface area contributed by atoms with Crippen molar-refractivity contribution in [2.45, 2.75) is 12.4 Å². The van der Waals surface area contributed by atoms with Gasteiger partial charge in [0.1, 0.15) is 11.6 Å². The van der Waals surface area contributed by atoms with Gasteiger partial charge in [-0.3, -0.25) is 10.9 Å². The molecule has 0 fully saturated rings. The van der Waals surface area contributed by atoms with Gasteiger partial charge in [0.25, 0.3) is 5.84 Å². The van der Waals surface area contributed by atoms with Crippen LogP contribution in [0.15, 0.2) is 41.3 Å². The van der Waals surface area contributed by atoms with Crippen LogP contribution in [0.4, 0.5) is 26.3 Å². The van der Waals surface area contributed by atoms with Gasteiger partial charge in [0, 0.05) is 5.56 Å². The van der Waals surface area contributed by atoms with E-state index in [0.29, 0.717) is 5.01 Å². The Morgan fingerprint density at radius 3 is 2.36 bits per heavy atom. The molecule has 3 rings (SSSR count). The van der Waals surface area contributed by atoms with E-state index in [9.17, 15) is 26.3 Å². The van der Waals surface area contributed by atoms with Crippen molar-refractivity contribution in [2.75, 3.05) is 7.11 Å². The van der Waals surface area contributed by atoms with Crippen LogP contribution in [-0.2, 0) is 6.18 Å². The van der Waals surface area contributed by atoms with Gasteiger partial charge in [-0.05, 0) is 30.4 Å². The number of methoxy groups -OCH3 is 1. The van der Waals surface area contributed by atoms with E-state index in [-0.39, 0.29) is 22.8 Å². The molecule has 134 valence electrons. The third-order valence-corrected chi connectivity index (χ3v) is 3.44. The summed E-state index contributed by atoms with van der Waals surface area (Å²) in [7, 11) is 1.17. The highest BCUT2D eigenvalue weighted by atomic mass is 19.4. The Labute approximate surface area is 137 Å². The lowest BCUT2D eigenvalue weighted by atomic mass is 10.1. The summed E-state index contributed by atoms with van der Waals surface area (Å²) in [5, 5.41) is 3.85. The zero-order chi connectivity index (χ0) is 18.4. The molecule has 2 N–H and O–H groups in total. The summed E-state index contributed by atoms with van der Waals surface area (Å²) in [5.74, 6) is -1.33. The molecule has 5 nitrogen and oxygen atoms in total. The number of ether oxygens (including phenoxy) is 1. The van der Waals surface area contributed by atoms with Crippen molar-refractivity contribution in [3.8, 4) is 5.75 Å². The molecule has 11 heteroatoms. The van der Waals surface area contributed by atoms with Crippen molar-refractivity contribution in [3.05, 3.63) is 47.3 Å². The average Bonchev–Trinajstić information content (AvgIpc) is 2.96. The maximum Gasteiger partial charge on any atom is 0.453 e. The Hall–Kier alpha value is -2.85. The second-order valence-corrected chi connectivity index (χ2v) is 5.04. The fourth-order valence-electron chi connectivity index (χ4n) is 2.30. The van der Waals surface area contributed by atoms with Gasteiger partial charge in [-0.1, -0.05) is 0 Å². The van der Waals surface area contributed by atoms with Crippen LogP contribution in [-0.4, -0.2) is 24.1 Å². The Bertz CT molecular complexity index is 793. The van der Waals surface area contributed by atoms with E-state index in [4.69, 9.17) is 4.74 Å². The third kappa shape index (κ3) is 3.08. The number of hydrogen-bond acceptors (Lipinski definition) is 5. The summed E-state index contributed by atoms with van der Waals surface area (Å²) < 4.78 is 82.1. The predicted octanol–water partition coefficient (Wildman–Crippen LogP) is 3.20. The van der Waals surface area contributed by atoms with Gasteiger partial charge in [0.05, 0.1) is 18.4 Å². The Balaban J connectivity index is 1.95. The lowest BCUT2D eigenvalue weighted by Gasteiger charge is -2.28. The van der Waals surface area contributed by atoms with E-state index in [0.717, 1.165) is 18.2 Å². The largest absolute Gasteiger partial charge is 0.496 e. The first-order chi connectivity index (χ1) is 11.6.